The molecule has 5 amide bonds. The molecule has 2 fully saturated rings. The normalized spacial score (nSPS) is 15.9. The van der Waals surface area contributed by atoms with Crippen LogP contribution in [0, 0.1) is 11.6 Å². The molecule has 220 valence electrons. The molecule has 2 aliphatic heterocycles. The van der Waals surface area contributed by atoms with Crippen LogP contribution in [0.3, 0.4) is 0 Å². The van der Waals surface area contributed by atoms with Crippen LogP contribution in [-0.4, -0.2) is 90.0 Å². The molecule has 0 bridgehead atoms. The van der Waals surface area contributed by atoms with Gasteiger partial charge in [-0.1, -0.05) is 12.1 Å². The van der Waals surface area contributed by atoms with E-state index in [4.69, 9.17) is 4.74 Å². The van der Waals surface area contributed by atoms with Crippen molar-refractivity contribution in [3.63, 3.8) is 0 Å². The van der Waals surface area contributed by atoms with Gasteiger partial charge in [0.05, 0.1) is 6.42 Å². The van der Waals surface area contributed by atoms with Gasteiger partial charge in [0, 0.05) is 69.3 Å². The van der Waals surface area contributed by atoms with E-state index >= 15 is 0 Å². The summed E-state index contributed by atoms with van der Waals surface area (Å²) in [4.78, 5) is 47.6. The molecule has 2 aliphatic rings. The second kappa shape index (κ2) is 12.9. The van der Waals surface area contributed by atoms with Gasteiger partial charge in [0.2, 0.25) is 5.91 Å². The quantitative estimate of drug-likeness (QED) is 0.392. The lowest BCUT2D eigenvalue weighted by Crippen LogP contribution is -2.62. The lowest BCUT2D eigenvalue weighted by molar-refractivity contribution is -0.119. The Morgan fingerprint density at radius 2 is 1.69 bits per heavy atom. The average molecular weight is 580 g/mol. The fourth-order valence-corrected chi connectivity index (χ4v) is 4.83. The molecule has 2 saturated heterocycles. The molecule has 42 heavy (non-hydrogen) atoms. The number of piperazine rings is 1. The number of benzene rings is 2. The standard InChI is InChI=1S/C29H31F2N7O4/c1-36-17-22(18-36)37-10-12-38(13-11-37)29(41)34-26-16-23(8-9-32-26)42-25-7-6-21(15-24(25)31)33-28(40)35-27(39)14-19-2-4-20(30)5-3-19/h2-9,15-16,22H,10-14,17-18H2,1H3,(H,32,34,41)(H2,33,35,39,40). The van der Waals surface area contributed by atoms with E-state index in [1.165, 1.54) is 54.7 Å². The summed E-state index contributed by atoms with van der Waals surface area (Å²) < 4.78 is 33.4. The monoisotopic (exact) mass is 579 g/mol. The maximum absolute atomic E-state index is 14.8. The number of pyridine rings is 1. The van der Waals surface area contributed by atoms with Crippen LogP contribution in [0.1, 0.15) is 5.56 Å². The maximum Gasteiger partial charge on any atom is 0.325 e. The van der Waals surface area contributed by atoms with Gasteiger partial charge in [-0.05, 0) is 42.9 Å². The SMILES string of the molecule is CN1CC(N2CCN(C(=O)Nc3cc(Oc4ccc(NC(=O)NC(=O)Cc5ccc(F)cc5)cc4F)ccn3)CC2)C1. The second-order valence-corrected chi connectivity index (χ2v) is 10.3. The molecule has 0 aliphatic carbocycles. The van der Waals surface area contributed by atoms with Crippen LogP contribution in [0.15, 0.2) is 60.8 Å². The maximum atomic E-state index is 14.8. The Morgan fingerprint density at radius 1 is 0.952 bits per heavy atom. The first kappa shape index (κ1) is 28.9. The molecule has 0 saturated carbocycles. The Kier molecular flexibility index (Phi) is 8.88. The Bertz CT molecular complexity index is 1440. The number of likely N-dealkylation sites (tertiary alicyclic amines) is 1. The highest BCUT2D eigenvalue weighted by Gasteiger charge is 2.32. The number of carbonyl (C=O) groups excluding carboxylic acids is 3. The summed E-state index contributed by atoms with van der Waals surface area (Å²) in [5.41, 5.74) is 0.627. The highest BCUT2D eigenvalue weighted by Crippen LogP contribution is 2.28. The number of likely N-dealkylation sites (N-methyl/N-ethyl adjacent to an activating group) is 1. The third-order valence-corrected chi connectivity index (χ3v) is 7.08. The Morgan fingerprint density at radius 3 is 2.38 bits per heavy atom. The number of nitrogens with zero attached hydrogens (tertiary/aromatic N) is 4. The van der Waals surface area contributed by atoms with Crippen molar-refractivity contribution in [1.82, 2.24) is 25.0 Å². The third kappa shape index (κ3) is 7.56. The largest absolute Gasteiger partial charge is 0.454 e. The number of imide groups is 1. The first-order valence-electron chi connectivity index (χ1n) is 13.5. The molecule has 0 radical (unpaired) electrons. The summed E-state index contributed by atoms with van der Waals surface area (Å²) in [7, 11) is 2.10. The molecule has 3 aromatic rings. The molecular weight excluding hydrogens is 548 g/mol. The van der Waals surface area contributed by atoms with E-state index in [0.717, 1.165) is 32.2 Å². The van der Waals surface area contributed by atoms with E-state index in [9.17, 15) is 23.2 Å². The molecule has 0 atom stereocenters. The molecule has 0 unspecified atom stereocenters. The molecular formula is C29H31F2N7O4. The van der Waals surface area contributed by atoms with Gasteiger partial charge >= 0.3 is 12.1 Å². The number of amides is 5. The molecule has 2 aromatic carbocycles. The highest BCUT2D eigenvalue weighted by atomic mass is 19.1. The van der Waals surface area contributed by atoms with Gasteiger partial charge in [-0.2, -0.15) is 0 Å². The number of hydrogen-bond donors (Lipinski definition) is 3. The van der Waals surface area contributed by atoms with Crippen LogP contribution >= 0.6 is 0 Å². The predicted octanol–water partition coefficient (Wildman–Crippen LogP) is 3.51. The Hall–Kier alpha value is -4.62. The number of urea groups is 2. The van der Waals surface area contributed by atoms with Crippen molar-refractivity contribution in [3.05, 3.63) is 78.0 Å². The summed E-state index contributed by atoms with van der Waals surface area (Å²) in [6.45, 7) is 4.99. The van der Waals surface area contributed by atoms with Crippen molar-refractivity contribution in [2.75, 3.05) is 56.9 Å². The van der Waals surface area contributed by atoms with Gasteiger partial charge < -0.3 is 19.9 Å². The van der Waals surface area contributed by atoms with E-state index in [0.29, 0.717) is 24.7 Å². The number of carbonyl (C=O) groups is 3. The molecule has 5 rings (SSSR count). The van der Waals surface area contributed by atoms with E-state index in [-0.39, 0.29) is 35.5 Å². The zero-order valence-corrected chi connectivity index (χ0v) is 23.0. The van der Waals surface area contributed by atoms with E-state index in [1.54, 1.807) is 4.90 Å². The summed E-state index contributed by atoms with van der Waals surface area (Å²) >= 11 is 0. The summed E-state index contributed by atoms with van der Waals surface area (Å²) in [6.07, 6.45) is 1.31. The first-order chi connectivity index (χ1) is 20.2. The second-order valence-electron chi connectivity index (χ2n) is 10.3. The number of anilines is 2. The lowest BCUT2D eigenvalue weighted by Gasteiger charge is -2.46. The summed E-state index contributed by atoms with van der Waals surface area (Å²) in [6, 6.07) is 11.6. The van der Waals surface area contributed by atoms with E-state index < -0.39 is 23.6 Å². The van der Waals surface area contributed by atoms with Gasteiger partial charge in [0.15, 0.2) is 11.6 Å². The molecule has 0 spiro atoms. The van der Waals surface area contributed by atoms with Crippen LogP contribution in [0.2, 0.25) is 0 Å². The van der Waals surface area contributed by atoms with Crippen LogP contribution in [0.25, 0.3) is 0 Å². The van der Waals surface area contributed by atoms with Gasteiger partial charge in [-0.25, -0.2) is 23.4 Å². The minimum Gasteiger partial charge on any atom is -0.454 e. The minimum absolute atomic E-state index is 0.0963. The topological polar surface area (TPSA) is 119 Å². The smallest absolute Gasteiger partial charge is 0.325 e. The predicted molar refractivity (Wildman–Crippen MR) is 151 cm³/mol. The Balaban J connectivity index is 1.10. The lowest BCUT2D eigenvalue weighted by atomic mass is 10.1. The number of aromatic nitrogens is 1. The van der Waals surface area contributed by atoms with Crippen LogP contribution in [0.4, 0.5) is 29.9 Å². The molecule has 13 heteroatoms. The number of hydrogen-bond acceptors (Lipinski definition) is 7. The zero-order valence-electron chi connectivity index (χ0n) is 23.0. The molecule has 3 N–H and O–H groups in total. The molecule has 11 nitrogen and oxygen atoms in total. The van der Waals surface area contributed by atoms with Crippen LogP contribution in [-0.2, 0) is 11.2 Å². The highest BCUT2D eigenvalue weighted by molar-refractivity contribution is 6.01. The van der Waals surface area contributed by atoms with Gasteiger partial charge in [-0.15, -0.1) is 0 Å². The average Bonchev–Trinajstić information content (AvgIpc) is 2.94. The molecule has 3 heterocycles. The van der Waals surface area contributed by atoms with Gasteiger partial charge in [0.1, 0.15) is 17.4 Å². The van der Waals surface area contributed by atoms with Crippen molar-refractivity contribution < 1.29 is 27.9 Å². The van der Waals surface area contributed by atoms with Crippen LogP contribution < -0.4 is 20.7 Å². The first-order valence-corrected chi connectivity index (χ1v) is 13.5. The zero-order chi connectivity index (χ0) is 29.6. The van der Waals surface area contributed by atoms with Crippen molar-refractivity contribution in [1.29, 1.82) is 0 Å². The number of halogens is 2. The fraction of sp³-hybridized carbons (Fsp3) is 0.310. The third-order valence-electron chi connectivity index (χ3n) is 7.08. The number of nitrogens with one attached hydrogen (secondary N) is 3. The van der Waals surface area contributed by atoms with Crippen molar-refractivity contribution in [3.8, 4) is 11.5 Å². The van der Waals surface area contributed by atoms with Crippen LogP contribution in [0.5, 0.6) is 11.5 Å². The van der Waals surface area contributed by atoms with Gasteiger partial charge in [0.25, 0.3) is 0 Å². The summed E-state index contributed by atoms with van der Waals surface area (Å²) in [5.74, 6) is -1.40. The van der Waals surface area contributed by atoms with Crippen molar-refractivity contribution in [2.45, 2.75) is 12.5 Å². The van der Waals surface area contributed by atoms with E-state index in [1.807, 2.05) is 0 Å². The Labute approximate surface area is 241 Å². The van der Waals surface area contributed by atoms with Gasteiger partial charge in [-0.3, -0.25) is 20.3 Å². The number of rotatable bonds is 7. The van der Waals surface area contributed by atoms with Crippen molar-refractivity contribution >= 4 is 29.5 Å². The fourth-order valence-electron chi connectivity index (χ4n) is 4.83. The number of ether oxygens (including phenoxy) is 1. The molecule has 1 aromatic heterocycles. The summed E-state index contributed by atoms with van der Waals surface area (Å²) in [5, 5.41) is 7.30. The van der Waals surface area contributed by atoms with Crippen molar-refractivity contribution in [2.24, 2.45) is 0 Å². The minimum atomic E-state index is -0.846. The van der Waals surface area contributed by atoms with E-state index in [2.05, 4.69) is 37.8 Å².